The first-order chi connectivity index (χ1) is 8.56. The standard InChI is InChI=1S/C13H13NO4/c1-7(15)10-6-14-11-8(12(10)16)4-3-5-9(11)13(17)18-2/h3-7,15H,1-2H3,(H,14,16). The van der Waals surface area contributed by atoms with Crippen LogP contribution in [0.4, 0.5) is 0 Å². The molecule has 2 rings (SSSR count). The number of para-hydroxylation sites is 1. The van der Waals surface area contributed by atoms with Gasteiger partial charge in [-0.3, -0.25) is 4.79 Å². The molecule has 0 aliphatic heterocycles. The van der Waals surface area contributed by atoms with Gasteiger partial charge in [-0.25, -0.2) is 4.79 Å². The second-order valence-electron chi connectivity index (χ2n) is 3.97. The minimum atomic E-state index is -0.861. The van der Waals surface area contributed by atoms with Crippen molar-refractivity contribution in [3.8, 4) is 0 Å². The number of hydrogen-bond donors (Lipinski definition) is 2. The summed E-state index contributed by atoms with van der Waals surface area (Å²) >= 11 is 0. The molecule has 0 amide bonds. The molecule has 5 nitrogen and oxygen atoms in total. The van der Waals surface area contributed by atoms with E-state index in [9.17, 15) is 14.7 Å². The number of benzene rings is 1. The van der Waals surface area contributed by atoms with E-state index in [2.05, 4.69) is 9.72 Å². The van der Waals surface area contributed by atoms with Gasteiger partial charge in [-0.1, -0.05) is 6.07 Å². The minimum Gasteiger partial charge on any atom is -0.465 e. The fraction of sp³-hybridized carbons (Fsp3) is 0.231. The average Bonchev–Trinajstić information content (AvgIpc) is 2.37. The van der Waals surface area contributed by atoms with Crippen molar-refractivity contribution in [3.05, 3.63) is 45.7 Å². The second kappa shape index (κ2) is 4.62. The van der Waals surface area contributed by atoms with Gasteiger partial charge in [0.25, 0.3) is 0 Å². The molecule has 0 saturated carbocycles. The van der Waals surface area contributed by atoms with E-state index < -0.39 is 12.1 Å². The van der Waals surface area contributed by atoms with Gasteiger partial charge < -0.3 is 14.8 Å². The lowest BCUT2D eigenvalue weighted by Crippen LogP contribution is -2.14. The first kappa shape index (κ1) is 12.3. The second-order valence-corrected chi connectivity index (χ2v) is 3.97. The number of carbonyl (C=O) groups excluding carboxylic acids is 1. The van der Waals surface area contributed by atoms with Crippen LogP contribution in [0.5, 0.6) is 0 Å². The van der Waals surface area contributed by atoms with Gasteiger partial charge in [0.15, 0.2) is 5.43 Å². The quantitative estimate of drug-likeness (QED) is 0.785. The van der Waals surface area contributed by atoms with Gasteiger partial charge in [-0.05, 0) is 19.1 Å². The Morgan fingerprint density at radius 2 is 2.17 bits per heavy atom. The van der Waals surface area contributed by atoms with Crippen LogP contribution in [-0.2, 0) is 4.74 Å². The number of rotatable bonds is 2. The maximum Gasteiger partial charge on any atom is 0.339 e. The summed E-state index contributed by atoms with van der Waals surface area (Å²) in [6.07, 6.45) is 0.557. The van der Waals surface area contributed by atoms with Crippen LogP contribution in [0.2, 0.25) is 0 Å². The largest absolute Gasteiger partial charge is 0.465 e. The normalized spacial score (nSPS) is 12.4. The lowest BCUT2D eigenvalue weighted by atomic mass is 10.1. The van der Waals surface area contributed by atoms with Crippen LogP contribution < -0.4 is 5.43 Å². The molecule has 1 unspecified atom stereocenters. The van der Waals surface area contributed by atoms with E-state index in [0.717, 1.165) is 0 Å². The van der Waals surface area contributed by atoms with Crippen LogP contribution in [0.15, 0.2) is 29.2 Å². The van der Waals surface area contributed by atoms with E-state index in [-0.39, 0.29) is 11.0 Å². The van der Waals surface area contributed by atoms with Crippen LogP contribution in [0.25, 0.3) is 10.9 Å². The fourth-order valence-electron chi connectivity index (χ4n) is 1.86. The van der Waals surface area contributed by atoms with E-state index >= 15 is 0 Å². The molecule has 18 heavy (non-hydrogen) atoms. The Balaban J connectivity index is 2.79. The van der Waals surface area contributed by atoms with Gasteiger partial charge in [0.1, 0.15) is 0 Å². The Morgan fingerprint density at radius 1 is 1.44 bits per heavy atom. The smallest absolute Gasteiger partial charge is 0.339 e. The highest BCUT2D eigenvalue weighted by molar-refractivity contribution is 6.02. The SMILES string of the molecule is COC(=O)c1cccc2c(=O)c(C(C)O)c[nH]c12. The number of fused-ring (bicyclic) bond motifs is 1. The first-order valence-electron chi connectivity index (χ1n) is 5.47. The molecule has 0 saturated heterocycles. The third-order valence-electron chi connectivity index (χ3n) is 2.80. The summed E-state index contributed by atoms with van der Waals surface area (Å²) in [5.41, 5.74) is 0.692. The van der Waals surface area contributed by atoms with Crippen LogP contribution in [-0.4, -0.2) is 23.2 Å². The number of esters is 1. The molecule has 0 bridgehead atoms. The summed E-state index contributed by atoms with van der Waals surface area (Å²) in [4.78, 5) is 26.5. The average molecular weight is 247 g/mol. The Labute approximate surface area is 103 Å². The van der Waals surface area contributed by atoms with Gasteiger partial charge in [0.2, 0.25) is 0 Å². The number of aromatic amines is 1. The molecule has 1 aromatic carbocycles. The zero-order chi connectivity index (χ0) is 13.3. The Morgan fingerprint density at radius 3 is 2.78 bits per heavy atom. The number of ether oxygens (including phenoxy) is 1. The minimum absolute atomic E-state index is 0.268. The third-order valence-corrected chi connectivity index (χ3v) is 2.80. The van der Waals surface area contributed by atoms with Crippen molar-refractivity contribution in [1.29, 1.82) is 0 Å². The van der Waals surface area contributed by atoms with Crippen molar-refractivity contribution in [2.75, 3.05) is 7.11 Å². The number of pyridine rings is 1. The predicted octanol–water partition coefficient (Wildman–Crippen LogP) is 1.37. The maximum absolute atomic E-state index is 12.1. The number of methoxy groups -OCH3 is 1. The molecule has 2 aromatic rings. The molecule has 2 N–H and O–H groups in total. The Kier molecular flexibility index (Phi) is 3.16. The molecule has 0 aliphatic rings. The topological polar surface area (TPSA) is 79.4 Å². The number of aromatic nitrogens is 1. The summed E-state index contributed by atoms with van der Waals surface area (Å²) in [6, 6.07) is 4.79. The molecule has 0 radical (unpaired) electrons. The van der Waals surface area contributed by atoms with Gasteiger partial charge in [-0.15, -0.1) is 0 Å². The maximum atomic E-state index is 12.1. The summed E-state index contributed by atoms with van der Waals surface area (Å²) in [7, 11) is 1.28. The van der Waals surface area contributed by atoms with Crippen molar-refractivity contribution in [1.82, 2.24) is 4.98 Å². The summed E-state index contributed by atoms with van der Waals surface area (Å²) < 4.78 is 4.65. The van der Waals surface area contributed by atoms with Crippen LogP contribution in [0, 0.1) is 0 Å². The number of hydrogen-bond acceptors (Lipinski definition) is 4. The van der Waals surface area contributed by atoms with Crippen LogP contribution in [0.1, 0.15) is 28.9 Å². The molecule has 5 heteroatoms. The zero-order valence-electron chi connectivity index (χ0n) is 10.1. The van der Waals surface area contributed by atoms with Gasteiger partial charge in [0, 0.05) is 17.1 Å². The fourth-order valence-corrected chi connectivity index (χ4v) is 1.86. The van der Waals surface area contributed by atoms with E-state index in [1.807, 2.05) is 0 Å². The summed E-state index contributed by atoms with van der Waals surface area (Å²) in [5, 5.41) is 9.83. The summed E-state index contributed by atoms with van der Waals surface area (Å²) in [5.74, 6) is -0.513. The van der Waals surface area contributed by atoms with Crippen LogP contribution >= 0.6 is 0 Å². The summed E-state index contributed by atoms with van der Waals surface area (Å²) in [6.45, 7) is 1.51. The third kappa shape index (κ3) is 1.89. The molecule has 0 spiro atoms. The van der Waals surface area contributed by atoms with Crippen molar-refractivity contribution in [2.45, 2.75) is 13.0 Å². The molecule has 1 heterocycles. The van der Waals surface area contributed by atoms with Crippen molar-refractivity contribution < 1.29 is 14.6 Å². The zero-order valence-corrected chi connectivity index (χ0v) is 10.1. The molecule has 0 fully saturated rings. The van der Waals surface area contributed by atoms with E-state index in [1.54, 1.807) is 18.2 Å². The molecular formula is C13H13NO4. The van der Waals surface area contributed by atoms with Gasteiger partial charge in [0.05, 0.1) is 24.3 Å². The highest BCUT2D eigenvalue weighted by Gasteiger charge is 2.15. The lowest BCUT2D eigenvalue weighted by Gasteiger charge is -2.08. The highest BCUT2D eigenvalue weighted by Crippen LogP contribution is 2.17. The van der Waals surface area contributed by atoms with E-state index in [4.69, 9.17) is 0 Å². The van der Waals surface area contributed by atoms with Crippen molar-refractivity contribution >= 4 is 16.9 Å². The Hall–Kier alpha value is -2.14. The highest BCUT2D eigenvalue weighted by atomic mass is 16.5. The van der Waals surface area contributed by atoms with Crippen molar-refractivity contribution in [2.24, 2.45) is 0 Å². The molecule has 94 valence electrons. The number of H-pyrrole nitrogens is 1. The monoisotopic (exact) mass is 247 g/mol. The Bertz CT molecular complexity index is 658. The number of nitrogens with one attached hydrogen (secondary N) is 1. The predicted molar refractivity (Wildman–Crippen MR) is 66.5 cm³/mol. The van der Waals surface area contributed by atoms with Crippen LogP contribution in [0.3, 0.4) is 0 Å². The lowest BCUT2D eigenvalue weighted by molar-refractivity contribution is 0.0603. The number of carbonyl (C=O) groups is 1. The van der Waals surface area contributed by atoms with Crippen molar-refractivity contribution in [3.63, 3.8) is 0 Å². The first-order valence-corrected chi connectivity index (χ1v) is 5.47. The molecule has 1 atom stereocenters. The molecule has 0 aliphatic carbocycles. The molecular weight excluding hydrogens is 234 g/mol. The number of aliphatic hydroxyl groups excluding tert-OH is 1. The van der Waals surface area contributed by atoms with E-state index in [0.29, 0.717) is 16.5 Å². The van der Waals surface area contributed by atoms with E-state index in [1.165, 1.54) is 20.2 Å². The van der Waals surface area contributed by atoms with Gasteiger partial charge in [-0.2, -0.15) is 0 Å². The molecule has 1 aromatic heterocycles. The number of aliphatic hydroxyl groups is 1. The van der Waals surface area contributed by atoms with Gasteiger partial charge >= 0.3 is 5.97 Å².